The molecule has 0 fully saturated rings. The lowest BCUT2D eigenvalue weighted by molar-refractivity contribution is 0.301. The lowest BCUT2D eigenvalue weighted by Gasteiger charge is -2.23. The van der Waals surface area contributed by atoms with Crippen molar-refractivity contribution in [3.63, 3.8) is 0 Å². The highest BCUT2D eigenvalue weighted by Gasteiger charge is 2.09. The standard InChI is InChI=1S/C15H17BrN2O/c1-12-14(16)7-8-15(17-12)18(9-10-19)11-13-5-3-2-4-6-13/h2-8,19H,9-11H2,1H3. The molecule has 1 heterocycles. The maximum absolute atomic E-state index is 9.22. The molecule has 0 spiro atoms. The normalized spacial score (nSPS) is 10.5. The Morgan fingerprint density at radius 2 is 1.89 bits per heavy atom. The summed E-state index contributed by atoms with van der Waals surface area (Å²) in [6.07, 6.45) is 0. The van der Waals surface area contributed by atoms with Gasteiger partial charge in [0.15, 0.2) is 0 Å². The SMILES string of the molecule is Cc1nc(N(CCO)Cc2ccccc2)ccc1Br. The van der Waals surface area contributed by atoms with Gasteiger partial charge >= 0.3 is 0 Å². The first kappa shape index (κ1) is 14.0. The second-order valence-corrected chi connectivity index (χ2v) is 5.22. The molecule has 0 amide bonds. The van der Waals surface area contributed by atoms with Crippen LogP contribution in [0.5, 0.6) is 0 Å². The van der Waals surface area contributed by atoms with E-state index in [2.05, 4.69) is 37.9 Å². The van der Waals surface area contributed by atoms with Crippen molar-refractivity contribution in [2.75, 3.05) is 18.1 Å². The largest absolute Gasteiger partial charge is 0.395 e. The molecule has 4 heteroatoms. The highest BCUT2D eigenvalue weighted by Crippen LogP contribution is 2.20. The van der Waals surface area contributed by atoms with Crippen LogP contribution >= 0.6 is 15.9 Å². The second kappa shape index (κ2) is 6.68. The minimum Gasteiger partial charge on any atom is -0.395 e. The number of hydrogen-bond donors (Lipinski definition) is 1. The Kier molecular flexibility index (Phi) is 4.93. The van der Waals surface area contributed by atoms with E-state index in [9.17, 15) is 5.11 Å². The molecule has 0 aliphatic carbocycles. The van der Waals surface area contributed by atoms with Gasteiger partial charge in [0.25, 0.3) is 0 Å². The predicted octanol–water partition coefficient (Wildman–Crippen LogP) is 3.15. The van der Waals surface area contributed by atoms with Gasteiger partial charge in [0.1, 0.15) is 5.82 Å². The molecule has 0 saturated heterocycles. The zero-order valence-corrected chi connectivity index (χ0v) is 12.5. The third-order valence-electron chi connectivity index (χ3n) is 2.92. The number of rotatable bonds is 5. The Hall–Kier alpha value is -1.39. The van der Waals surface area contributed by atoms with E-state index in [1.165, 1.54) is 5.56 Å². The number of aryl methyl sites for hydroxylation is 1. The zero-order chi connectivity index (χ0) is 13.7. The van der Waals surface area contributed by atoms with Crippen LogP contribution in [-0.2, 0) is 6.54 Å². The summed E-state index contributed by atoms with van der Waals surface area (Å²) in [7, 11) is 0. The monoisotopic (exact) mass is 320 g/mol. The molecule has 0 atom stereocenters. The molecule has 0 saturated carbocycles. The van der Waals surface area contributed by atoms with Crippen LogP contribution in [0.3, 0.4) is 0 Å². The van der Waals surface area contributed by atoms with Gasteiger partial charge in [0.05, 0.1) is 12.3 Å². The molecule has 0 radical (unpaired) electrons. The molecule has 19 heavy (non-hydrogen) atoms. The van der Waals surface area contributed by atoms with Gasteiger partial charge in [0, 0.05) is 17.6 Å². The molecule has 0 bridgehead atoms. The Morgan fingerprint density at radius 3 is 2.53 bits per heavy atom. The van der Waals surface area contributed by atoms with E-state index in [4.69, 9.17) is 0 Å². The fourth-order valence-electron chi connectivity index (χ4n) is 1.91. The zero-order valence-electron chi connectivity index (χ0n) is 10.9. The lowest BCUT2D eigenvalue weighted by atomic mass is 10.2. The molecule has 0 aliphatic heterocycles. The van der Waals surface area contributed by atoms with Crippen LogP contribution in [0.4, 0.5) is 5.82 Å². The van der Waals surface area contributed by atoms with Crippen LogP contribution < -0.4 is 4.90 Å². The first-order chi connectivity index (χ1) is 9.20. The first-order valence-electron chi connectivity index (χ1n) is 6.23. The van der Waals surface area contributed by atoms with E-state index in [-0.39, 0.29) is 6.61 Å². The summed E-state index contributed by atoms with van der Waals surface area (Å²) in [5, 5.41) is 9.22. The average Bonchev–Trinajstić information content (AvgIpc) is 2.43. The second-order valence-electron chi connectivity index (χ2n) is 4.37. The van der Waals surface area contributed by atoms with E-state index >= 15 is 0 Å². The van der Waals surface area contributed by atoms with Gasteiger partial charge in [0.2, 0.25) is 0 Å². The highest BCUT2D eigenvalue weighted by atomic mass is 79.9. The minimum absolute atomic E-state index is 0.115. The van der Waals surface area contributed by atoms with Crippen LogP contribution in [0.1, 0.15) is 11.3 Å². The number of anilines is 1. The molecule has 1 aromatic carbocycles. The molecular formula is C15H17BrN2O. The average molecular weight is 321 g/mol. The van der Waals surface area contributed by atoms with Gasteiger partial charge < -0.3 is 10.0 Å². The van der Waals surface area contributed by atoms with Crippen LogP contribution in [-0.4, -0.2) is 23.2 Å². The number of nitrogens with zero attached hydrogens (tertiary/aromatic N) is 2. The van der Waals surface area contributed by atoms with Gasteiger partial charge in [-0.05, 0) is 40.5 Å². The van der Waals surface area contributed by atoms with Gasteiger partial charge in [-0.2, -0.15) is 0 Å². The number of aliphatic hydroxyl groups excluding tert-OH is 1. The smallest absolute Gasteiger partial charge is 0.129 e. The quantitative estimate of drug-likeness (QED) is 0.919. The highest BCUT2D eigenvalue weighted by molar-refractivity contribution is 9.10. The summed E-state index contributed by atoms with van der Waals surface area (Å²) in [6, 6.07) is 14.2. The summed E-state index contributed by atoms with van der Waals surface area (Å²) < 4.78 is 1.000. The van der Waals surface area contributed by atoms with Gasteiger partial charge in [-0.1, -0.05) is 30.3 Å². The maximum atomic E-state index is 9.22. The summed E-state index contributed by atoms with van der Waals surface area (Å²) >= 11 is 3.45. The van der Waals surface area contributed by atoms with Crippen molar-refractivity contribution >= 4 is 21.7 Å². The summed E-state index contributed by atoms with van der Waals surface area (Å²) in [5.74, 6) is 0.888. The fourth-order valence-corrected chi connectivity index (χ4v) is 2.13. The number of pyridine rings is 1. The summed E-state index contributed by atoms with van der Waals surface area (Å²) in [4.78, 5) is 6.63. The fraction of sp³-hybridized carbons (Fsp3) is 0.267. The van der Waals surface area contributed by atoms with E-state index in [0.717, 1.165) is 22.5 Å². The molecule has 0 aliphatic rings. The molecule has 3 nitrogen and oxygen atoms in total. The molecule has 100 valence electrons. The Morgan fingerprint density at radius 1 is 1.16 bits per heavy atom. The van der Waals surface area contributed by atoms with Crippen molar-refractivity contribution in [2.45, 2.75) is 13.5 Å². The molecule has 2 rings (SSSR count). The Balaban J connectivity index is 2.21. The van der Waals surface area contributed by atoms with E-state index in [1.807, 2.05) is 37.3 Å². The maximum Gasteiger partial charge on any atom is 0.129 e. The van der Waals surface area contributed by atoms with Crippen LogP contribution in [0.2, 0.25) is 0 Å². The number of aromatic nitrogens is 1. The van der Waals surface area contributed by atoms with Crippen LogP contribution in [0.25, 0.3) is 0 Å². The molecular weight excluding hydrogens is 304 g/mol. The van der Waals surface area contributed by atoms with E-state index < -0.39 is 0 Å². The molecule has 1 aromatic heterocycles. The van der Waals surface area contributed by atoms with Gasteiger partial charge in [-0.3, -0.25) is 0 Å². The van der Waals surface area contributed by atoms with Gasteiger partial charge in [-0.15, -0.1) is 0 Å². The van der Waals surface area contributed by atoms with Crippen LogP contribution in [0, 0.1) is 6.92 Å². The molecule has 2 aromatic rings. The van der Waals surface area contributed by atoms with Crippen molar-refractivity contribution < 1.29 is 5.11 Å². The lowest BCUT2D eigenvalue weighted by Crippen LogP contribution is -2.27. The summed E-state index contributed by atoms with van der Waals surface area (Å²) in [5.41, 5.74) is 2.16. The number of benzene rings is 1. The van der Waals surface area contributed by atoms with Crippen molar-refractivity contribution in [3.8, 4) is 0 Å². The summed E-state index contributed by atoms with van der Waals surface area (Å²) in [6.45, 7) is 3.40. The molecule has 1 N–H and O–H groups in total. The minimum atomic E-state index is 0.115. The van der Waals surface area contributed by atoms with E-state index in [0.29, 0.717) is 6.54 Å². The third kappa shape index (κ3) is 3.78. The third-order valence-corrected chi connectivity index (χ3v) is 3.75. The van der Waals surface area contributed by atoms with Gasteiger partial charge in [-0.25, -0.2) is 4.98 Å². The molecule has 0 unspecified atom stereocenters. The number of hydrogen-bond acceptors (Lipinski definition) is 3. The van der Waals surface area contributed by atoms with Crippen LogP contribution in [0.15, 0.2) is 46.9 Å². The number of halogens is 1. The Labute approximate surface area is 122 Å². The van der Waals surface area contributed by atoms with E-state index in [1.54, 1.807) is 0 Å². The first-order valence-corrected chi connectivity index (χ1v) is 7.03. The van der Waals surface area contributed by atoms with Crippen molar-refractivity contribution in [1.29, 1.82) is 0 Å². The topological polar surface area (TPSA) is 36.4 Å². The predicted molar refractivity (Wildman–Crippen MR) is 81.3 cm³/mol. The van der Waals surface area contributed by atoms with Crippen molar-refractivity contribution in [3.05, 3.63) is 58.2 Å². The Bertz CT molecular complexity index is 531. The number of aliphatic hydroxyl groups is 1. The van der Waals surface area contributed by atoms with Crippen molar-refractivity contribution in [2.24, 2.45) is 0 Å². The van der Waals surface area contributed by atoms with Crippen molar-refractivity contribution in [1.82, 2.24) is 4.98 Å².